The van der Waals surface area contributed by atoms with Gasteiger partial charge in [-0.15, -0.1) is 11.3 Å². The zero-order chi connectivity index (χ0) is 28.5. The third kappa shape index (κ3) is 10.2. The Balaban J connectivity index is 0.000000301. The Kier molecular flexibility index (Phi) is 11.5. The molecule has 3 heterocycles. The van der Waals surface area contributed by atoms with E-state index in [2.05, 4.69) is 35.0 Å². The molecule has 1 aliphatic carbocycles. The minimum absolute atomic E-state index is 0.197. The van der Waals surface area contributed by atoms with Crippen LogP contribution in [0.2, 0.25) is 0 Å². The number of alkyl halides is 6. The van der Waals surface area contributed by atoms with Crippen molar-refractivity contribution in [2.45, 2.75) is 63.5 Å². The highest BCUT2D eigenvalue weighted by Gasteiger charge is 2.43. The van der Waals surface area contributed by atoms with Crippen molar-refractivity contribution < 1.29 is 55.6 Å². The van der Waals surface area contributed by atoms with Crippen LogP contribution in [-0.2, 0) is 32.2 Å². The number of carbonyl (C=O) groups is 2. The molecule has 2 aromatic rings. The van der Waals surface area contributed by atoms with E-state index in [1.807, 2.05) is 23.6 Å². The predicted octanol–water partition coefficient (Wildman–Crippen LogP) is 4.67. The molecule has 8 nitrogen and oxygen atoms in total. The summed E-state index contributed by atoms with van der Waals surface area (Å²) in [6.45, 7) is 5.66. The van der Waals surface area contributed by atoms with Crippen LogP contribution in [0.15, 0.2) is 36.7 Å². The van der Waals surface area contributed by atoms with Crippen molar-refractivity contribution in [3.8, 4) is 0 Å². The molecule has 0 unspecified atom stereocenters. The summed E-state index contributed by atoms with van der Waals surface area (Å²) in [6.07, 6.45) is -3.86. The Labute approximate surface area is 217 Å². The van der Waals surface area contributed by atoms with E-state index in [4.69, 9.17) is 29.3 Å². The number of carboxylic acid groups (broad SMARTS) is 2. The number of hydrogen-bond acceptors (Lipinski definition) is 7. The molecule has 3 atom stereocenters. The van der Waals surface area contributed by atoms with Gasteiger partial charge in [-0.1, -0.05) is 6.07 Å². The number of halogens is 6. The first-order valence-corrected chi connectivity index (χ1v) is 12.0. The number of thiophene rings is 1. The summed E-state index contributed by atoms with van der Waals surface area (Å²) in [4.78, 5) is 27.4. The number of aromatic nitrogens is 1. The lowest BCUT2D eigenvalue weighted by Gasteiger charge is -2.38. The minimum atomic E-state index is -5.08. The van der Waals surface area contributed by atoms with Gasteiger partial charge in [0.15, 0.2) is 0 Å². The number of carboxylic acids is 2. The summed E-state index contributed by atoms with van der Waals surface area (Å²) in [5.41, 5.74) is 1.13. The van der Waals surface area contributed by atoms with Crippen molar-refractivity contribution in [1.82, 2.24) is 9.88 Å². The van der Waals surface area contributed by atoms with Gasteiger partial charge >= 0.3 is 24.3 Å². The van der Waals surface area contributed by atoms with Gasteiger partial charge in [-0.25, -0.2) is 9.59 Å². The number of rotatable bonds is 5. The van der Waals surface area contributed by atoms with Gasteiger partial charge in [0.05, 0.1) is 25.4 Å². The zero-order valence-electron chi connectivity index (χ0n) is 20.0. The molecule has 0 aromatic carbocycles. The topological polar surface area (TPSA) is 109 Å². The number of aryl methyl sites for hydroxylation is 1. The molecule has 0 spiro atoms. The molecule has 38 heavy (non-hydrogen) atoms. The lowest BCUT2D eigenvalue weighted by Crippen LogP contribution is -2.51. The molecule has 0 radical (unpaired) electrons. The Morgan fingerprint density at radius 3 is 2.24 bits per heavy atom. The quantitative estimate of drug-likeness (QED) is 0.498. The number of pyridine rings is 1. The van der Waals surface area contributed by atoms with Gasteiger partial charge in [0, 0.05) is 41.3 Å². The van der Waals surface area contributed by atoms with Gasteiger partial charge in [-0.05, 0) is 43.5 Å². The molecule has 212 valence electrons. The van der Waals surface area contributed by atoms with Crippen LogP contribution >= 0.6 is 11.3 Å². The summed E-state index contributed by atoms with van der Waals surface area (Å²) >= 11 is 1.90. The number of nitrogens with zero attached hydrogens (tertiary/aromatic N) is 2. The third-order valence-electron chi connectivity index (χ3n) is 5.48. The van der Waals surface area contributed by atoms with Crippen molar-refractivity contribution >= 4 is 23.3 Å². The van der Waals surface area contributed by atoms with E-state index in [0.29, 0.717) is 12.6 Å². The van der Waals surface area contributed by atoms with Crippen LogP contribution in [0, 0.1) is 6.92 Å². The SMILES string of the molecule is Cc1ccc(CN2CCO[C@H]3[C@H](OCc4cccnc4)CC[C@@H]32)s1.O=C(O)C(F)(F)F.O=C(O)C(F)(F)F. The minimum Gasteiger partial charge on any atom is -0.475 e. The van der Waals surface area contributed by atoms with E-state index < -0.39 is 24.3 Å². The van der Waals surface area contributed by atoms with Gasteiger partial charge in [0.25, 0.3) is 0 Å². The van der Waals surface area contributed by atoms with Gasteiger partial charge < -0.3 is 19.7 Å². The zero-order valence-corrected chi connectivity index (χ0v) is 20.9. The van der Waals surface area contributed by atoms with Crippen LogP contribution in [0.5, 0.6) is 0 Å². The van der Waals surface area contributed by atoms with Crippen molar-refractivity contribution in [2.24, 2.45) is 0 Å². The number of aliphatic carboxylic acids is 2. The second-order valence-electron chi connectivity index (χ2n) is 8.28. The fourth-order valence-electron chi connectivity index (χ4n) is 3.82. The maximum atomic E-state index is 10.6. The monoisotopic (exact) mass is 572 g/mol. The average molecular weight is 573 g/mol. The van der Waals surface area contributed by atoms with Gasteiger partial charge in [-0.2, -0.15) is 26.3 Å². The van der Waals surface area contributed by atoms with Gasteiger partial charge in [0.2, 0.25) is 0 Å². The van der Waals surface area contributed by atoms with Gasteiger partial charge in [-0.3, -0.25) is 9.88 Å². The molecule has 1 saturated carbocycles. The predicted molar refractivity (Wildman–Crippen MR) is 122 cm³/mol. The number of fused-ring (bicyclic) bond motifs is 1. The van der Waals surface area contributed by atoms with Crippen molar-refractivity contribution in [3.63, 3.8) is 0 Å². The lowest BCUT2D eigenvalue weighted by atomic mass is 10.1. The van der Waals surface area contributed by atoms with Crippen LogP contribution in [0.25, 0.3) is 0 Å². The smallest absolute Gasteiger partial charge is 0.475 e. The Morgan fingerprint density at radius 2 is 1.74 bits per heavy atom. The first-order chi connectivity index (χ1) is 17.7. The third-order valence-corrected chi connectivity index (χ3v) is 6.46. The van der Waals surface area contributed by atoms with Crippen LogP contribution < -0.4 is 0 Å². The highest BCUT2D eigenvalue weighted by atomic mass is 32.1. The van der Waals surface area contributed by atoms with E-state index in [0.717, 1.165) is 38.1 Å². The first kappa shape index (κ1) is 31.5. The van der Waals surface area contributed by atoms with E-state index in [1.54, 1.807) is 6.20 Å². The van der Waals surface area contributed by atoms with E-state index >= 15 is 0 Å². The maximum absolute atomic E-state index is 10.6. The summed E-state index contributed by atoms with van der Waals surface area (Å²) in [6, 6.07) is 8.98. The molecule has 1 aliphatic heterocycles. The van der Waals surface area contributed by atoms with Gasteiger partial charge in [0.1, 0.15) is 0 Å². The molecular weight excluding hydrogens is 546 g/mol. The van der Waals surface area contributed by atoms with E-state index in [1.165, 1.54) is 9.75 Å². The van der Waals surface area contributed by atoms with Crippen molar-refractivity contribution in [3.05, 3.63) is 52.0 Å². The normalized spacial score (nSPS) is 21.4. The molecule has 0 amide bonds. The Hall–Kier alpha value is -2.75. The summed E-state index contributed by atoms with van der Waals surface area (Å²) in [5.74, 6) is -5.51. The van der Waals surface area contributed by atoms with E-state index in [-0.39, 0.29) is 12.2 Å². The second kappa shape index (κ2) is 13.9. The van der Waals surface area contributed by atoms with Crippen LogP contribution in [0.1, 0.15) is 28.2 Å². The first-order valence-electron chi connectivity index (χ1n) is 11.2. The molecule has 2 N–H and O–H groups in total. The lowest BCUT2D eigenvalue weighted by molar-refractivity contribution is -0.193. The molecule has 1 saturated heterocycles. The fourth-order valence-corrected chi connectivity index (χ4v) is 4.74. The standard InChI is InChI=1S/C19H24N2O2S.2C2HF3O2/c1-14-4-5-16(24-14)12-21-9-10-22-19-17(21)6-7-18(19)23-13-15-3-2-8-20-11-15;2*3-2(4,5)1(6)7/h2-5,8,11,17-19H,6-7,9-10,12-13H2,1H3;2*(H,6,7)/t17-,18+,19+;;/m0../s1. The molecule has 4 rings (SSSR count). The van der Waals surface area contributed by atoms with Crippen molar-refractivity contribution in [2.75, 3.05) is 13.2 Å². The molecular formula is C23H26F6N2O6S. The Morgan fingerprint density at radius 1 is 1.11 bits per heavy atom. The number of ether oxygens (including phenoxy) is 2. The number of morpholine rings is 1. The molecule has 2 aliphatic rings. The van der Waals surface area contributed by atoms with E-state index in [9.17, 15) is 26.3 Å². The number of hydrogen-bond donors (Lipinski definition) is 2. The fraction of sp³-hybridized carbons (Fsp3) is 0.522. The summed E-state index contributed by atoms with van der Waals surface area (Å²) in [5, 5.41) is 14.2. The molecule has 2 aromatic heterocycles. The maximum Gasteiger partial charge on any atom is 0.490 e. The van der Waals surface area contributed by atoms with Crippen molar-refractivity contribution in [1.29, 1.82) is 0 Å². The second-order valence-corrected chi connectivity index (χ2v) is 9.65. The van der Waals surface area contributed by atoms with Crippen LogP contribution in [0.3, 0.4) is 0 Å². The highest BCUT2D eigenvalue weighted by molar-refractivity contribution is 7.11. The molecule has 0 bridgehead atoms. The highest BCUT2D eigenvalue weighted by Crippen LogP contribution is 2.34. The largest absolute Gasteiger partial charge is 0.490 e. The molecule has 15 heteroatoms. The average Bonchev–Trinajstić information content (AvgIpc) is 3.44. The summed E-state index contributed by atoms with van der Waals surface area (Å²) in [7, 11) is 0. The summed E-state index contributed by atoms with van der Waals surface area (Å²) < 4.78 is 75.7. The van der Waals surface area contributed by atoms with Crippen LogP contribution in [-0.4, -0.2) is 75.8 Å². The molecule has 2 fully saturated rings. The van der Waals surface area contributed by atoms with Crippen LogP contribution in [0.4, 0.5) is 26.3 Å². The Bertz CT molecular complexity index is 1010.